The highest BCUT2D eigenvalue weighted by molar-refractivity contribution is 5.80. The minimum absolute atomic E-state index is 0.687. The Kier molecular flexibility index (Phi) is 3.02. The zero-order valence-electron chi connectivity index (χ0n) is 10.5. The summed E-state index contributed by atoms with van der Waals surface area (Å²) in [5.41, 5.74) is 8.86. The van der Waals surface area contributed by atoms with E-state index in [0.717, 1.165) is 24.3 Å². The van der Waals surface area contributed by atoms with Crippen molar-refractivity contribution in [1.82, 2.24) is 14.6 Å². The molecule has 3 rings (SSSR count). The number of rotatable bonds is 4. The normalized spacial score (nSPS) is 10.7. The summed E-state index contributed by atoms with van der Waals surface area (Å²) in [4.78, 5) is 4.09. The number of aromatic nitrogens is 3. The maximum Gasteiger partial charge on any atom is 0.172 e. The number of nitrogen functional groups attached to an aromatic ring is 1. The number of hydrogen-bond acceptors (Lipinski definition) is 4. The van der Waals surface area contributed by atoms with Crippen LogP contribution in [-0.4, -0.2) is 21.1 Å². The van der Waals surface area contributed by atoms with Gasteiger partial charge in [0.25, 0.3) is 0 Å². The standard InChI is InChI=1S/C14H15N5/c15-13-12-5-1-2-9-19(12)18-14(13)17-8-6-11-4-3-7-16-10-11/h1-5,7,9-10H,6,8,15H2,(H,17,18). The first-order valence-corrected chi connectivity index (χ1v) is 6.20. The van der Waals surface area contributed by atoms with Gasteiger partial charge >= 0.3 is 0 Å². The van der Waals surface area contributed by atoms with E-state index in [9.17, 15) is 0 Å². The predicted octanol–water partition coefficient (Wildman–Crippen LogP) is 1.97. The van der Waals surface area contributed by atoms with Crippen LogP contribution >= 0.6 is 0 Å². The van der Waals surface area contributed by atoms with E-state index in [1.54, 1.807) is 10.7 Å². The molecule has 0 unspecified atom stereocenters. The molecule has 3 heterocycles. The fourth-order valence-electron chi connectivity index (χ4n) is 2.02. The second kappa shape index (κ2) is 4.97. The minimum atomic E-state index is 0.687. The van der Waals surface area contributed by atoms with Crippen LogP contribution in [0.2, 0.25) is 0 Å². The topological polar surface area (TPSA) is 68.2 Å². The molecule has 0 aromatic carbocycles. The van der Waals surface area contributed by atoms with Crippen LogP contribution in [0, 0.1) is 0 Å². The Morgan fingerprint density at radius 3 is 2.95 bits per heavy atom. The van der Waals surface area contributed by atoms with Gasteiger partial charge in [-0.25, -0.2) is 4.52 Å². The summed E-state index contributed by atoms with van der Waals surface area (Å²) < 4.78 is 1.78. The van der Waals surface area contributed by atoms with Crippen molar-refractivity contribution in [2.24, 2.45) is 0 Å². The van der Waals surface area contributed by atoms with E-state index in [-0.39, 0.29) is 0 Å². The van der Waals surface area contributed by atoms with Gasteiger partial charge in [-0.15, -0.1) is 5.10 Å². The van der Waals surface area contributed by atoms with E-state index >= 15 is 0 Å². The molecule has 0 bridgehead atoms. The fourth-order valence-corrected chi connectivity index (χ4v) is 2.02. The van der Waals surface area contributed by atoms with Gasteiger partial charge in [-0.3, -0.25) is 4.98 Å². The van der Waals surface area contributed by atoms with E-state index in [1.165, 1.54) is 5.56 Å². The molecule has 0 fully saturated rings. The maximum absolute atomic E-state index is 6.06. The summed E-state index contributed by atoms with van der Waals surface area (Å²) >= 11 is 0. The lowest BCUT2D eigenvalue weighted by Crippen LogP contribution is -2.07. The van der Waals surface area contributed by atoms with Gasteiger partial charge in [-0.2, -0.15) is 0 Å². The molecule has 0 aliphatic rings. The molecule has 0 saturated heterocycles. The van der Waals surface area contributed by atoms with Crippen molar-refractivity contribution in [2.75, 3.05) is 17.6 Å². The smallest absolute Gasteiger partial charge is 0.172 e. The number of nitrogens with zero attached hydrogens (tertiary/aromatic N) is 3. The van der Waals surface area contributed by atoms with Crippen LogP contribution in [0.5, 0.6) is 0 Å². The summed E-state index contributed by atoms with van der Waals surface area (Å²) in [5.74, 6) is 0.732. The molecule has 3 N–H and O–H groups in total. The van der Waals surface area contributed by atoms with Crippen molar-refractivity contribution in [3.8, 4) is 0 Å². The van der Waals surface area contributed by atoms with E-state index < -0.39 is 0 Å². The quantitative estimate of drug-likeness (QED) is 0.746. The summed E-state index contributed by atoms with van der Waals surface area (Å²) in [6.07, 6.45) is 6.42. The molecule has 3 aromatic heterocycles. The predicted molar refractivity (Wildman–Crippen MR) is 76.0 cm³/mol. The van der Waals surface area contributed by atoms with Crippen molar-refractivity contribution >= 4 is 17.0 Å². The lowest BCUT2D eigenvalue weighted by atomic mass is 10.2. The molecular formula is C14H15N5. The maximum atomic E-state index is 6.06. The third-order valence-corrected chi connectivity index (χ3v) is 3.01. The highest BCUT2D eigenvalue weighted by Crippen LogP contribution is 2.22. The number of anilines is 2. The van der Waals surface area contributed by atoms with Gasteiger partial charge in [-0.05, 0) is 30.2 Å². The van der Waals surface area contributed by atoms with Crippen molar-refractivity contribution in [2.45, 2.75) is 6.42 Å². The highest BCUT2D eigenvalue weighted by atomic mass is 15.3. The summed E-state index contributed by atoms with van der Waals surface area (Å²) in [6.45, 7) is 0.778. The monoisotopic (exact) mass is 253 g/mol. The Morgan fingerprint density at radius 1 is 1.21 bits per heavy atom. The van der Waals surface area contributed by atoms with E-state index in [2.05, 4.69) is 21.5 Å². The highest BCUT2D eigenvalue weighted by Gasteiger charge is 2.07. The average molecular weight is 253 g/mol. The SMILES string of the molecule is Nc1c(NCCc2cccnc2)nn2ccccc12. The van der Waals surface area contributed by atoms with Crippen LogP contribution in [0.15, 0.2) is 48.9 Å². The summed E-state index contributed by atoms with van der Waals surface area (Å²) in [6, 6.07) is 9.83. The van der Waals surface area contributed by atoms with Crippen molar-refractivity contribution in [1.29, 1.82) is 0 Å². The number of nitrogens with one attached hydrogen (secondary N) is 1. The molecule has 0 aliphatic heterocycles. The number of nitrogens with two attached hydrogens (primary N) is 1. The Hall–Kier alpha value is -2.56. The Balaban J connectivity index is 1.70. The zero-order valence-corrected chi connectivity index (χ0v) is 10.5. The molecule has 0 spiro atoms. The largest absolute Gasteiger partial charge is 0.394 e. The molecular weight excluding hydrogens is 238 g/mol. The molecule has 5 nitrogen and oxygen atoms in total. The van der Waals surface area contributed by atoms with Crippen LogP contribution in [0.1, 0.15) is 5.56 Å². The summed E-state index contributed by atoms with van der Waals surface area (Å²) in [5, 5.41) is 7.67. The first kappa shape index (κ1) is 11.5. The minimum Gasteiger partial charge on any atom is -0.394 e. The van der Waals surface area contributed by atoms with Crippen molar-refractivity contribution < 1.29 is 0 Å². The van der Waals surface area contributed by atoms with E-state index in [1.807, 2.05) is 36.7 Å². The second-order valence-electron chi connectivity index (χ2n) is 4.33. The number of hydrogen-bond donors (Lipinski definition) is 2. The first-order valence-electron chi connectivity index (χ1n) is 6.20. The Labute approximate surface area is 111 Å². The van der Waals surface area contributed by atoms with Crippen LogP contribution < -0.4 is 11.1 Å². The Morgan fingerprint density at radius 2 is 2.16 bits per heavy atom. The molecule has 3 aromatic rings. The summed E-state index contributed by atoms with van der Waals surface area (Å²) in [7, 11) is 0. The van der Waals surface area contributed by atoms with Gasteiger partial charge < -0.3 is 11.1 Å². The van der Waals surface area contributed by atoms with Gasteiger partial charge in [-0.1, -0.05) is 12.1 Å². The molecule has 0 radical (unpaired) electrons. The fraction of sp³-hybridized carbons (Fsp3) is 0.143. The molecule has 0 atom stereocenters. The van der Waals surface area contributed by atoms with Gasteiger partial charge in [0.2, 0.25) is 0 Å². The second-order valence-corrected chi connectivity index (χ2v) is 4.33. The molecule has 0 aliphatic carbocycles. The molecule has 19 heavy (non-hydrogen) atoms. The molecule has 0 amide bonds. The molecule has 5 heteroatoms. The van der Waals surface area contributed by atoms with Crippen LogP contribution in [0.25, 0.3) is 5.52 Å². The van der Waals surface area contributed by atoms with E-state index in [4.69, 9.17) is 5.73 Å². The van der Waals surface area contributed by atoms with Crippen LogP contribution in [-0.2, 0) is 6.42 Å². The van der Waals surface area contributed by atoms with Crippen molar-refractivity contribution in [3.05, 3.63) is 54.5 Å². The first-order chi connectivity index (χ1) is 9.34. The Bertz CT molecular complexity index is 675. The lowest BCUT2D eigenvalue weighted by molar-refractivity contribution is 0.937. The van der Waals surface area contributed by atoms with Crippen LogP contribution in [0.4, 0.5) is 11.5 Å². The van der Waals surface area contributed by atoms with Gasteiger partial charge in [0.05, 0.1) is 5.52 Å². The van der Waals surface area contributed by atoms with Gasteiger partial charge in [0.1, 0.15) is 5.69 Å². The van der Waals surface area contributed by atoms with Gasteiger partial charge in [0.15, 0.2) is 5.82 Å². The van der Waals surface area contributed by atoms with Crippen molar-refractivity contribution in [3.63, 3.8) is 0 Å². The third-order valence-electron chi connectivity index (χ3n) is 3.01. The average Bonchev–Trinajstić information content (AvgIpc) is 2.78. The number of pyridine rings is 2. The van der Waals surface area contributed by atoms with Crippen LogP contribution in [0.3, 0.4) is 0 Å². The third kappa shape index (κ3) is 2.35. The van der Waals surface area contributed by atoms with E-state index in [0.29, 0.717) is 5.69 Å². The van der Waals surface area contributed by atoms with Gasteiger partial charge in [0, 0.05) is 25.1 Å². The number of fused-ring (bicyclic) bond motifs is 1. The zero-order chi connectivity index (χ0) is 13.1. The lowest BCUT2D eigenvalue weighted by Gasteiger charge is -2.03. The molecule has 96 valence electrons. The molecule has 0 saturated carbocycles.